The smallest absolute Gasteiger partial charge is 0.328 e. The van der Waals surface area contributed by atoms with Crippen molar-refractivity contribution in [3.05, 3.63) is 30.1 Å². The highest BCUT2D eigenvalue weighted by Crippen LogP contribution is 2.30. The first-order valence-electron chi connectivity index (χ1n) is 6.90. The molecule has 0 aliphatic heterocycles. The highest BCUT2D eigenvalue weighted by Gasteiger charge is 2.32. The van der Waals surface area contributed by atoms with Gasteiger partial charge >= 0.3 is 5.97 Å². The summed E-state index contributed by atoms with van der Waals surface area (Å²) in [7, 11) is 0. The zero-order valence-corrected chi connectivity index (χ0v) is 11.2. The number of esters is 1. The summed E-state index contributed by atoms with van der Waals surface area (Å²) in [5.41, 5.74) is 0.368. The Labute approximate surface area is 113 Å². The molecule has 1 aromatic rings. The average Bonchev–Trinajstić information content (AvgIpc) is 2.91. The van der Waals surface area contributed by atoms with Crippen LogP contribution in [0.2, 0.25) is 0 Å². The number of para-hydroxylation sites is 1. The Morgan fingerprint density at radius 3 is 2.74 bits per heavy atom. The highest BCUT2D eigenvalue weighted by molar-refractivity contribution is 5.79. The number of hydrogen-bond acceptors (Lipinski definition) is 3. The molecule has 1 atom stereocenters. The van der Waals surface area contributed by atoms with E-state index >= 15 is 0 Å². The van der Waals surface area contributed by atoms with Gasteiger partial charge in [-0.3, -0.25) is 0 Å². The molecule has 0 heterocycles. The number of anilines is 1. The van der Waals surface area contributed by atoms with E-state index in [-0.39, 0.29) is 17.7 Å². The van der Waals surface area contributed by atoms with Gasteiger partial charge in [-0.2, -0.15) is 0 Å². The molecule has 1 unspecified atom stereocenters. The molecule has 1 N–H and O–H groups in total. The number of benzene rings is 1. The zero-order chi connectivity index (χ0) is 13.7. The monoisotopic (exact) mass is 265 g/mol. The Bertz CT molecular complexity index is 430. The fourth-order valence-electron chi connectivity index (χ4n) is 2.64. The van der Waals surface area contributed by atoms with Gasteiger partial charge in [-0.25, -0.2) is 9.18 Å². The van der Waals surface area contributed by atoms with Crippen molar-refractivity contribution >= 4 is 11.7 Å². The van der Waals surface area contributed by atoms with E-state index in [2.05, 4.69) is 5.32 Å². The van der Waals surface area contributed by atoms with Crippen LogP contribution in [0.15, 0.2) is 24.3 Å². The van der Waals surface area contributed by atoms with Gasteiger partial charge in [0.2, 0.25) is 0 Å². The van der Waals surface area contributed by atoms with Crippen LogP contribution < -0.4 is 5.32 Å². The zero-order valence-electron chi connectivity index (χ0n) is 11.2. The van der Waals surface area contributed by atoms with Crippen LogP contribution >= 0.6 is 0 Å². The molecule has 1 aliphatic rings. The van der Waals surface area contributed by atoms with Crippen molar-refractivity contribution in [3.8, 4) is 0 Å². The van der Waals surface area contributed by atoms with Crippen LogP contribution in [0.5, 0.6) is 0 Å². The second-order valence-corrected chi connectivity index (χ2v) is 4.90. The first-order chi connectivity index (χ1) is 9.22. The summed E-state index contributed by atoms with van der Waals surface area (Å²) in [6, 6.07) is 5.98. The van der Waals surface area contributed by atoms with Gasteiger partial charge in [0.05, 0.1) is 12.3 Å². The second kappa shape index (κ2) is 6.55. The molecule has 0 saturated heterocycles. The van der Waals surface area contributed by atoms with Crippen LogP contribution in [0.3, 0.4) is 0 Å². The Hall–Kier alpha value is -1.58. The lowest BCUT2D eigenvalue weighted by molar-refractivity contribution is -0.145. The molecule has 1 aliphatic carbocycles. The third-order valence-corrected chi connectivity index (χ3v) is 3.60. The summed E-state index contributed by atoms with van der Waals surface area (Å²) in [5.74, 6) is -0.383. The number of hydrogen-bond donors (Lipinski definition) is 1. The summed E-state index contributed by atoms with van der Waals surface area (Å²) in [6.07, 6.45) is 4.23. The standard InChI is InChI=1S/C15H20FNO2/c1-2-19-15(18)14(11-7-3-4-8-11)17-13-10-6-5-9-12(13)16/h5-6,9-11,14,17H,2-4,7-8H2,1H3. The molecule has 0 amide bonds. The van der Waals surface area contributed by atoms with Gasteiger partial charge in [0.1, 0.15) is 11.9 Å². The Kier molecular flexibility index (Phi) is 4.77. The Balaban J connectivity index is 2.13. The van der Waals surface area contributed by atoms with Crippen molar-refractivity contribution in [1.29, 1.82) is 0 Å². The lowest BCUT2D eigenvalue weighted by atomic mass is 9.98. The van der Waals surface area contributed by atoms with Gasteiger partial charge in [0.25, 0.3) is 0 Å². The average molecular weight is 265 g/mol. The minimum Gasteiger partial charge on any atom is -0.464 e. The Morgan fingerprint density at radius 1 is 1.42 bits per heavy atom. The van der Waals surface area contributed by atoms with Crippen molar-refractivity contribution in [2.24, 2.45) is 5.92 Å². The van der Waals surface area contributed by atoms with E-state index in [0.717, 1.165) is 25.7 Å². The maximum absolute atomic E-state index is 13.7. The number of ether oxygens (including phenoxy) is 1. The third kappa shape index (κ3) is 3.46. The van der Waals surface area contributed by atoms with Crippen LogP contribution in [0.25, 0.3) is 0 Å². The molecular formula is C15H20FNO2. The lowest BCUT2D eigenvalue weighted by Gasteiger charge is -2.24. The van der Waals surface area contributed by atoms with Gasteiger partial charge in [-0.15, -0.1) is 0 Å². The molecule has 2 rings (SSSR count). The maximum Gasteiger partial charge on any atom is 0.328 e. The molecule has 0 spiro atoms. The molecule has 1 saturated carbocycles. The molecule has 0 aromatic heterocycles. The summed E-state index contributed by atoms with van der Waals surface area (Å²) in [6.45, 7) is 2.13. The highest BCUT2D eigenvalue weighted by atomic mass is 19.1. The van der Waals surface area contributed by atoms with Gasteiger partial charge < -0.3 is 10.1 Å². The largest absolute Gasteiger partial charge is 0.464 e. The molecule has 3 nitrogen and oxygen atoms in total. The topological polar surface area (TPSA) is 38.3 Å². The molecule has 19 heavy (non-hydrogen) atoms. The van der Waals surface area contributed by atoms with E-state index < -0.39 is 6.04 Å². The van der Waals surface area contributed by atoms with E-state index in [4.69, 9.17) is 4.74 Å². The van der Waals surface area contributed by atoms with Crippen LogP contribution in [0.1, 0.15) is 32.6 Å². The fourth-order valence-corrected chi connectivity index (χ4v) is 2.64. The minimum atomic E-state index is -0.445. The summed E-state index contributed by atoms with van der Waals surface area (Å²) >= 11 is 0. The third-order valence-electron chi connectivity index (χ3n) is 3.60. The number of carbonyl (C=O) groups is 1. The number of nitrogens with one attached hydrogen (secondary N) is 1. The number of halogens is 1. The van der Waals surface area contributed by atoms with Crippen LogP contribution in [0, 0.1) is 11.7 Å². The minimum absolute atomic E-state index is 0.235. The van der Waals surface area contributed by atoms with Crippen molar-refractivity contribution in [2.75, 3.05) is 11.9 Å². The van der Waals surface area contributed by atoms with Crippen LogP contribution in [-0.4, -0.2) is 18.6 Å². The predicted molar refractivity (Wildman–Crippen MR) is 72.4 cm³/mol. The van der Waals surface area contributed by atoms with E-state index in [1.165, 1.54) is 6.07 Å². The molecule has 0 radical (unpaired) electrons. The fraction of sp³-hybridized carbons (Fsp3) is 0.533. The van der Waals surface area contributed by atoms with E-state index in [9.17, 15) is 9.18 Å². The van der Waals surface area contributed by atoms with Gasteiger partial charge in [-0.05, 0) is 37.8 Å². The molecular weight excluding hydrogens is 245 g/mol. The maximum atomic E-state index is 13.7. The summed E-state index contributed by atoms with van der Waals surface area (Å²) in [5, 5.41) is 3.02. The molecule has 104 valence electrons. The lowest BCUT2D eigenvalue weighted by Crippen LogP contribution is -2.37. The van der Waals surface area contributed by atoms with E-state index in [1.807, 2.05) is 0 Å². The normalized spacial score (nSPS) is 17.2. The number of carbonyl (C=O) groups excluding carboxylic acids is 1. The van der Waals surface area contributed by atoms with Crippen LogP contribution in [0.4, 0.5) is 10.1 Å². The molecule has 0 bridgehead atoms. The quantitative estimate of drug-likeness (QED) is 0.830. The van der Waals surface area contributed by atoms with Crippen molar-refractivity contribution in [3.63, 3.8) is 0 Å². The molecule has 1 aromatic carbocycles. The second-order valence-electron chi connectivity index (χ2n) is 4.90. The van der Waals surface area contributed by atoms with Crippen molar-refractivity contribution in [2.45, 2.75) is 38.6 Å². The predicted octanol–water partition coefficient (Wildman–Crippen LogP) is 3.36. The SMILES string of the molecule is CCOC(=O)C(Nc1ccccc1F)C1CCCC1. The first kappa shape index (κ1) is 13.8. The van der Waals surface area contributed by atoms with Gasteiger partial charge in [-0.1, -0.05) is 25.0 Å². The molecule has 1 fully saturated rings. The van der Waals surface area contributed by atoms with Crippen molar-refractivity contribution < 1.29 is 13.9 Å². The molecule has 4 heteroatoms. The number of rotatable bonds is 5. The van der Waals surface area contributed by atoms with Gasteiger partial charge in [0, 0.05) is 0 Å². The van der Waals surface area contributed by atoms with E-state index in [1.54, 1.807) is 25.1 Å². The van der Waals surface area contributed by atoms with Gasteiger partial charge in [0.15, 0.2) is 0 Å². The summed E-state index contributed by atoms with van der Waals surface area (Å²) in [4.78, 5) is 12.0. The Morgan fingerprint density at radius 2 is 2.11 bits per heavy atom. The van der Waals surface area contributed by atoms with E-state index in [0.29, 0.717) is 12.3 Å². The first-order valence-corrected chi connectivity index (χ1v) is 6.90. The summed E-state index contributed by atoms with van der Waals surface area (Å²) < 4.78 is 18.8. The van der Waals surface area contributed by atoms with Crippen LogP contribution in [-0.2, 0) is 9.53 Å². The van der Waals surface area contributed by atoms with Crippen molar-refractivity contribution in [1.82, 2.24) is 0 Å².